The summed E-state index contributed by atoms with van der Waals surface area (Å²) in [6, 6.07) is 2.56. The van der Waals surface area contributed by atoms with Crippen molar-refractivity contribution >= 4 is 5.91 Å². The minimum Gasteiger partial charge on any atom is -0.493 e. The van der Waals surface area contributed by atoms with E-state index in [9.17, 15) is 9.90 Å². The third-order valence-electron chi connectivity index (χ3n) is 3.04. The highest BCUT2D eigenvalue weighted by atomic mass is 16.5. The minimum atomic E-state index is -0.703. The molecule has 2 unspecified atom stereocenters. The molecule has 0 heterocycles. The number of carbonyl (C=O) groups is 1. The molecule has 0 saturated heterocycles. The van der Waals surface area contributed by atoms with Gasteiger partial charge < -0.3 is 30.4 Å². The smallest absolute Gasteiger partial charge is 0.251 e. The summed E-state index contributed by atoms with van der Waals surface area (Å²) >= 11 is 0. The molecule has 0 aliphatic heterocycles. The summed E-state index contributed by atoms with van der Waals surface area (Å²) in [4.78, 5) is 12.1. The molecule has 0 spiro atoms. The average molecular weight is 298 g/mol. The van der Waals surface area contributed by atoms with Gasteiger partial charge >= 0.3 is 0 Å². The molecule has 2 atom stereocenters. The maximum atomic E-state index is 12.1. The van der Waals surface area contributed by atoms with Crippen LogP contribution in [0.5, 0.6) is 17.2 Å². The zero-order chi connectivity index (χ0) is 16.0. The third kappa shape index (κ3) is 4.24. The SMILES string of the molecule is COc1cc(C(=O)NCC(N)C(C)O)cc(OC)c1OC. The van der Waals surface area contributed by atoms with E-state index < -0.39 is 12.1 Å². The lowest BCUT2D eigenvalue weighted by molar-refractivity contribution is 0.0936. The predicted molar refractivity (Wildman–Crippen MR) is 78.1 cm³/mol. The second kappa shape index (κ2) is 7.70. The van der Waals surface area contributed by atoms with Gasteiger partial charge in [0.1, 0.15) is 0 Å². The molecule has 1 rings (SSSR count). The Hall–Kier alpha value is -1.99. The molecular weight excluding hydrogens is 276 g/mol. The maximum absolute atomic E-state index is 12.1. The van der Waals surface area contributed by atoms with Gasteiger partial charge in [-0.25, -0.2) is 0 Å². The molecule has 0 aliphatic rings. The molecule has 1 aromatic carbocycles. The van der Waals surface area contributed by atoms with Crippen molar-refractivity contribution < 1.29 is 24.1 Å². The molecular formula is C14H22N2O5. The second-order valence-corrected chi connectivity index (χ2v) is 4.53. The molecule has 118 valence electrons. The van der Waals surface area contributed by atoms with E-state index in [0.717, 1.165) is 0 Å². The topological polar surface area (TPSA) is 103 Å². The number of hydrogen-bond donors (Lipinski definition) is 3. The number of amides is 1. The van der Waals surface area contributed by atoms with Crippen LogP contribution in [0, 0.1) is 0 Å². The fourth-order valence-electron chi connectivity index (χ4n) is 1.70. The number of carbonyl (C=O) groups excluding carboxylic acids is 1. The van der Waals surface area contributed by atoms with Gasteiger partial charge in [-0.2, -0.15) is 0 Å². The van der Waals surface area contributed by atoms with Crippen molar-refractivity contribution in [2.45, 2.75) is 19.1 Å². The number of benzene rings is 1. The van der Waals surface area contributed by atoms with Crippen molar-refractivity contribution in [2.75, 3.05) is 27.9 Å². The molecule has 0 aliphatic carbocycles. The van der Waals surface area contributed by atoms with Gasteiger partial charge in [0.15, 0.2) is 11.5 Å². The van der Waals surface area contributed by atoms with E-state index in [1.807, 2.05) is 0 Å². The van der Waals surface area contributed by atoms with Crippen molar-refractivity contribution in [3.05, 3.63) is 17.7 Å². The first-order valence-electron chi connectivity index (χ1n) is 6.46. The fraction of sp³-hybridized carbons (Fsp3) is 0.500. The molecule has 7 nitrogen and oxygen atoms in total. The first-order chi connectivity index (χ1) is 9.94. The van der Waals surface area contributed by atoms with Gasteiger partial charge in [0.2, 0.25) is 5.75 Å². The first kappa shape index (κ1) is 17.1. The van der Waals surface area contributed by atoms with Gasteiger partial charge in [0.25, 0.3) is 5.91 Å². The van der Waals surface area contributed by atoms with E-state index in [-0.39, 0.29) is 12.5 Å². The van der Waals surface area contributed by atoms with Crippen LogP contribution in [0.25, 0.3) is 0 Å². The summed E-state index contributed by atoms with van der Waals surface area (Å²) in [5, 5.41) is 11.9. The van der Waals surface area contributed by atoms with Crippen LogP contribution in [-0.2, 0) is 0 Å². The Morgan fingerprint density at radius 3 is 2.14 bits per heavy atom. The molecule has 7 heteroatoms. The third-order valence-corrected chi connectivity index (χ3v) is 3.04. The molecule has 4 N–H and O–H groups in total. The highest BCUT2D eigenvalue weighted by molar-refractivity contribution is 5.95. The standard InChI is InChI=1S/C14H22N2O5/c1-8(17)10(15)7-16-14(18)9-5-11(19-2)13(21-4)12(6-9)20-3/h5-6,8,10,17H,7,15H2,1-4H3,(H,16,18). The first-order valence-corrected chi connectivity index (χ1v) is 6.46. The zero-order valence-electron chi connectivity index (χ0n) is 12.7. The summed E-state index contributed by atoms with van der Waals surface area (Å²) in [7, 11) is 4.44. The molecule has 21 heavy (non-hydrogen) atoms. The van der Waals surface area contributed by atoms with E-state index in [1.54, 1.807) is 19.1 Å². The molecule has 0 radical (unpaired) electrons. The zero-order valence-corrected chi connectivity index (χ0v) is 12.7. The normalized spacial score (nSPS) is 13.2. The number of hydrogen-bond acceptors (Lipinski definition) is 6. The van der Waals surface area contributed by atoms with Gasteiger partial charge in [-0.1, -0.05) is 0 Å². The van der Waals surface area contributed by atoms with Crippen LogP contribution < -0.4 is 25.3 Å². The number of methoxy groups -OCH3 is 3. The predicted octanol–water partition coefficient (Wildman–Crippen LogP) is 0.150. The highest BCUT2D eigenvalue weighted by Gasteiger charge is 2.18. The largest absolute Gasteiger partial charge is 0.493 e. The highest BCUT2D eigenvalue weighted by Crippen LogP contribution is 2.38. The van der Waals surface area contributed by atoms with E-state index >= 15 is 0 Å². The number of aliphatic hydroxyl groups excluding tert-OH is 1. The van der Waals surface area contributed by atoms with Crippen LogP contribution in [0.1, 0.15) is 17.3 Å². The average Bonchev–Trinajstić information content (AvgIpc) is 2.50. The van der Waals surface area contributed by atoms with Crippen molar-refractivity contribution in [1.82, 2.24) is 5.32 Å². The fourth-order valence-corrected chi connectivity index (χ4v) is 1.70. The van der Waals surface area contributed by atoms with Crippen LogP contribution in [0.4, 0.5) is 0 Å². The van der Waals surface area contributed by atoms with Crippen molar-refractivity contribution in [1.29, 1.82) is 0 Å². The summed E-state index contributed by atoms with van der Waals surface area (Å²) in [5.74, 6) is 0.853. The Bertz CT molecular complexity index is 465. The van der Waals surface area contributed by atoms with Crippen molar-refractivity contribution in [3.63, 3.8) is 0 Å². The van der Waals surface area contributed by atoms with Crippen molar-refractivity contribution in [2.24, 2.45) is 5.73 Å². The monoisotopic (exact) mass is 298 g/mol. The molecule has 0 fully saturated rings. The Morgan fingerprint density at radius 1 is 1.24 bits per heavy atom. The lowest BCUT2D eigenvalue weighted by Crippen LogP contribution is -2.43. The summed E-state index contributed by atoms with van der Waals surface area (Å²) in [6.07, 6.45) is -0.703. The number of rotatable bonds is 7. The number of ether oxygens (including phenoxy) is 3. The molecule has 0 aromatic heterocycles. The van der Waals surface area contributed by atoms with Crippen LogP contribution in [0.2, 0.25) is 0 Å². The number of nitrogens with one attached hydrogen (secondary N) is 1. The quantitative estimate of drug-likeness (QED) is 0.662. The summed E-state index contributed by atoms with van der Waals surface area (Å²) in [5.41, 5.74) is 6.02. The van der Waals surface area contributed by atoms with Gasteiger partial charge in [-0.3, -0.25) is 4.79 Å². The van der Waals surface area contributed by atoms with Crippen LogP contribution in [0.15, 0.2) is 12.1 Å². The van der Waals surface area contributed by atoms with E-state index in [4.69, 9.17) is 19.9 Å². The lowest BCUT2D eigenvalue weighted by Gasteiger charge is -2.17. The Kier molecular flexibility index (Phi) is 6.26. The van der Waals surface area contributed by atoms with Crippen LogP contribution in [0.3, 0.4) is 0 Å². The number of nitrogens with two attached hydrogens (primary N) is 1. The molecule has 0 bridgehead atoms. The van der Waals surface area contributed by atoms with Gasteiger partial charge in [-0.15, -0.1) is 0 Å². The van der Waals surface area contributed by atoms with Gasteiger partial charge in [-0.05, 0) is 19.1 Å². The molecule has 1 amide bonds. The van der Waals surface area contributed by atoms with Crippen LogP contribution >= 0.6 is 0 Å². The molecule has 0 saturated carbocycles. The van der Waals surface area contributed by atoms with Gasteiger partial charge in [0, 0.05) is 18.2 Å². The summed E-state index contributed by atoms with van der Waals surface area (Å²) in [6.45, 7) is 1.73. The Balaban J connectivity index is 2.94. The van der Waals surface area contributed by atoms with E-state index in [1.165, 1.54) is 21.3 Å². The van der Waals surface area contributed by atoms with E-state index in [2.05, 4.69) is 5.32 Å². The lowest BCUT2D eigenvalue weighted by atomic mass is 10.1. The Labute approximate surface area is 124 Å². The van der Waals surface area contributed by atoms with Crippen LogP contribution in [-0.4, -0.2) is 51.0 Å². The second-order valence-electron chi connectivity index (χ2n) is 4.53. The Morgan fingerprint density at radius 2 is 1.76 bits per heavy atom. The van der Waals surface area contributed by atoms with E-state index in [0.29, 0.717) is 22.8 Å². The van der Waals surface area contributed by atoms with Gasteiger partial charge in [0.05, 0.1) is 27.4 Å². The van der Waals surface area contributed by atoms with Crippen molar-refractivity contribution in [3.8, 4) is 17.2 Å². The number of aliphatic hydroxyl groups is 1. The maximum Gasteiger partial charge on any atom is 0.251 e. The minimum absolute atomic E-state index is 0.160. The summed E-state index contributed by atoms with van der Waals surface area (Å²) < 4.78 is 15.6. The molecule has 1 aromatic rings.